The second-order valence-electron chi connectivity index (χ2n) is 18.9. The van der Waals surface area contributed by atoms with Crippen molar-refractivity contribution in [3.05, 3.63) is 36.4 Å². The monoisotopic (exact) mass is 1100 g/mol. The maximum absolute atomic E-state index is 14.7. The topological polar surface area (TPSA) is 426 Å². The van der Waals surface area contributed by atoms with E-state index in [2.05, 4.69) is 47.9 Å². The van der Waals surface area contributed by atoms with E-state index in [9.17, 15) is 79.4 Å². The van der Waals surface area contributed by atoms with E-state index < -0.39 is 183 Å². The number of nitrogens with one attached hydrogen (secondary N) is 6. The molecule has 29 nitrogen and oxygen atoms in total. The molecule has 0 radical (unpaired) electrons. The molecule has 3 saturated heterocycles. The van der Waals surface area contributed by atoms with E-state index in [1.807, 2.05) is 0 Å². The minimum absolute atomic E-state index is 0. The molecule has 0 bridgehead atoms. The minimum atomic E-state index is -2.17. The number of aromatic hydroxyl groups is 1. The summed E-state index contributed by atoms with van der Waals surface area (Å²) in [5, 5.41) is 106. The van der Waals surface area contributed by atoms with Gasteiger partial charge in [0.15, 0.2) is 11.5 Å². The molecule has 13 N–H and O–H groups in total. The van der Waals surface area contributed by atoms with Crippen molar-refractivity contribution in [2.45, 2.75) is 139 Å². The maximum Gasteiger partial charge on any atom is 1.00 e. The van der Waals surface area contributed by atoms with Crippen molar-refractivity contribution in [3.8, 4) is 11.5 Å². The van der Waals surface area contributed by atoms with E-state index in [1.165, 1.54) is 39.8 Å². The van der Waals surface area contributed by atoms with Crippen LogP contribution in [0.15, 0.2) is 30.9 Å². The zero-order valence-corrected chi connectivity index (χ0v) is 44.9. The fraction of sp³-hybridized carbons (Fsp3) is 0.636. The fourth-order valence-electron chi connectivity index (χ4n) is 8.22. The van der Waals surface area contributed by atoms with E-state index in [0.29, 0.717) is 0 Å². The number of phenols is 1. The van der Waals surface area contributed by atoms with E-state index >= 15 is 0 Å². The number of fused-ring (bicyclic) bond motifs is 2. The molecule has 0 spiro atoms. The third-order valence-corrected chi connectivity index (χ3v) is 12.2. The molecule has 75 heavy (non-hydrogen) atoms. The number of ether oxygens (including phenoxy) is 2. The van der Waals surface area contributed by atoms with Gasteiger partial charge in [-0.25, -0.2) is 9.59 Å². The first-order valence-corrected chi connectivity index (χ1v) is 23.9. The summed E-state index contributed by atoms with van der Waals surface area (Å²) in [4.78, 5) is 113. The van der Waals surface area contributed by atoms with E-state index in [4.69, 9.17) is 13.7 Å². The normalized spacial score (nSPS) is 27.5. The van der Waals surface area contributed by atoms with E-state index in [0.717, 1.165) is 28.9 Å². The SMILES string of the molecule is C=CCOC(=O)NCC[C@@H](O)[C@@H]1NC(=O)[C@H]([C@H](O)Cc2ccc(O)c(OSOO[O-])c2)NC(=O)[C@@H]2C[C@H](O)CN2C(=O)[C@H]([C@H](C)O)NC(=O)[C@@H](NC(=O)OC(C)(C)C)C[C@H](O)CNC(=O)[C@@H]2[C@@H](O)[C@H](C)CN2C1=O.[Na+]. The van der Waals surface area contributed by atoms with Crippen LogP contribution in [0.3, 0.4) is 0 Å². The Hall–Kier alpha value is -5.09. The molecule has 13 atom stereocenters. The van der Waals surface area contributed by atoms with Crippen LogP contribution in [0.4, 0.5) is 9.59 Å². The molecule has 8 amide bonds. The Labute approximate surface area is 456 Å². The van der Waals surface area contributed by atoms with Gasteiger partial charge in [-0.2, -0.15) is 0 Å². The van der Waals surface area contributed by atoms with Crippen molar-refractivity contribution in [1.29, 1.82) is 0 Å². The first-order chi connectivity index (χ1) is 34.8. The largest absolute Gasteiger partial charge is 1.00 e. The molecule has 3 fully saturated rings. The number of amides is 8. The van der Waals surface area contributed by atoms with Crippen molar-refractivity contribution in [3.63, 3.8) is 0 Å². The van der Waals surface area contributed by atoms with Crippen molar-refractivity contribution < 1.29 is 132 Å². The van der Waals surface area contributed by atoms with Crippen molar-refractivity contribution in [1.82, 2.24) is 41.7 Å². The summed E-state index contributed by atoms with van der Waals surface area (Å²) >= 11 is 0.000160. The molecule has 31 heteroatoms. The van der Waals surface area contributed by atoms with Crippen LogP contribution < -0.4 is 70.9 Å². The van der Waals surface area contributed by atoms with E-state index in [-0.39, 0.29) is 66.3 Å². The predicted octanol–water partition coefficient (Wildman–Crippen LogP) is -8.09. The zero-order valence-electron chi connectivity index (χ0n) is 42.0. The molecule has 3 heterocycles. The molecule has 3 aliphatic heterocycles. The number of hydrogen-bond donors (Lipinski definition) is 13. The van der Waals surface area contributed by atoms with Gasteiger partial charge in [0.1, 0.15) is 48.5 Å². The first-order valence-electron chi connectivity index (χ1n) is 23.3. The number of aliphatic hydroxyl groups is 6. The Balaban J connectivity index is 0.0000148. The van der Waals surface area contributed by atoms with E-state index in [1.54, 1.807) is 0 Å². The number of β-amino-alcohol motifs (C(OH)–C–C–N with tert-alkyl or cyclic N) is 1. The second-order valence-corrected chi connectivity index (χ2v) is 19.3. The molecule has 1 aromatic rings. The summed E-state index contributed by atoms with van der Waals surface area (Å²) in [7, 11) is 0. The average Bonchev–Trinajstić information content (AvgIpc) is 3.87. The zero-order chi connectivity index (χ0) is 55.2. The number of benzene rings is 1. The molecule has 414 valence electrons. The van der Waals surface area contributed by atoms with Gasteiger partial charge < -0.3 is 96.4 Å². The number of rotatable bonds is 15. The Morgan fingerprint density at radius 1 is 0.893 bits per heavy atom. The summed E-state index contributed by atoms with van der Waals surface area (Å²) in [5.74, 6) is -8.89. The van der Waals surface area contributed by atoms with Gasteiger partial charge in [0.05, 0.1) is 36.6 Å². The Morgan fingerprint density at radius 2 is 1.55 bits per heavy atom. The number of aliphatic hydroxyl groups excluding tert-OH is 6. The fourth-order valence-corrected chi connectivity index (χ4v) is 8.47. The number of hydrogen-bond acceptors (Lipinski definition) is 22. The molecular weight excluding hydrogens is 1030 g/mol. The van der Waals surface area contributed by atoms with Gasteiger partial charge >= 0.3 is 41.7 Å². The standard InChI is InChI=1S/C44H66N8O21S.Na/c1-7-12-69-42(66)45-11-10-28(57)33-41(65)52-18-20(2)35(59)34(52)39(63)46-17-23(54)15-25(47-43(67)70-44(4,5)6)36(60)48-31(21(3)53)40(64)51-19-24(55)16-26(51)37(61)49-32(38(62)50-33)29(58)13-22-8-9-27(56)30(14-22)71-74-73-72-68;/h7-9,14,20-21,23-26,28-29,31-35,53-59,68H,1,10-13,15-19H2,2-6H3,(H,45,66)(H,46,63)(H,47,67)(H,48,60)(H,49,61)(H,50,62);/q;+1/p-1/t20-,21+,23+,24+,25+,26+,28-,29-,31+,32+,33+,34+,35+;/m1./s1. The van der Waals surface area contributed by atoms with Crippen molar-refractivity contribution >= 4 is 60.0 Å². The smallest absolute Gasteiger partial charge is 0.691 e. The Kier molecular flexibility index (Phi) is 25.2. The van der Waals surface area contributed by atoms with Crippen LogP contribution in [0.1, 0.15) is 59.4 Å². The van der Waals surface area contributed by atoms with Gasteiger partial charge in [-0.15, -0.1) is 4.33 Å². The average molecular weight is 1100 g/mol. The van der Waals surface area contributed by atoms with Crippen LogP contribution in [0, 0.1) is 5.92 Å². The minimum Gasteiger partial charge on any atom is -0.691 e. The van der Waals surface area contributed by atoms with Gasteiger partial charge in [-0.3, -0.25) is 33.8 Å². The van der Waals surface area contributed by atoms with Crippen LogP contribution in [-0.4, -0.2) is 204 Å². The van der Waals surface area contributed by atoms with Crippen molar-refractivity contribution in [2.24, 2.45) is 5.92 Å². The Morgan fingerprint density at radius 3 is 2.19 bits per heavy atom. The van der Waals surface area contributed by atoms with Crippen LogP contribution in [0.5, 0.6) is 11.5 Å². The van der Waals surface area contributed by atoms with Crippen LogP contribution in [0.25, 0.3) is 0 Å². The molecular formula is C44H65N8NaO21S. The molecule has 0 aromatic heterocycles. The number of alkyl carbamates (subject to hydrolysis) is 2. The maximum atomic E-state index is 14.7. The Bertz CT molecular complexity index is 2180. The number of carbonyl (C=O) groups excluding carboxylic acids is 8. The predicted molar refractivity (Wildman–Crippen MR) is 249 cm³/mol. The summed E-state index contributed by atoms with van der Waals surface area (Å²) in [6.45, 7) is 8.35. The van der Waals surface area contributed by atoms with Crippen LogP contribution in [0.2, 0.25) is 0 Å². The summed E-state index contributed by atoms with van der Waals surface area (Å²) in [6.07, 6.45) is -13.6. The summed E-state index contributed by atoms with van der Waals surface area (Å²) < 4.78 is 19.3. The second kappa shape index (κ2) is 29.4. The van der Waals surface area contributed by atoms with Gasteiger partial charge in [0.25, 0.3) is 12.3 Å². The molecule has 1 aromatic carbocycles. The number of phenolic OH excluding ortho intramolecular Hbond substituents is 1. The number of carbonyl (C=O) groups is 8. The number of nitrogens with zero attached hydrogens (tertiary/aromatic N) is 2. The molecule has 4 rings (SSSR count). The quantitative estimate of drug-likeness (QED) is 0.0194. The van der Waals surface area contributed by atoms with Crippen LogP contribution in [-0.2, 0) is 54.0 Å². The van der Waals surface area contributed by atoms with Gasteiger partial charge in [-0.1, -0.05) is 25.6 Å². The van der Waals surface area contributed by atoms with Gasteiger partial charge in [0, 0.05) is 51.4 Å². The van der Waals surface area contributed by atoms with Crippen molar-refractivity contribution in [2.75, 3.05) is 32.8 Å². The molecule has 0 unspecified atom stereocenters. The van der Waals surface area contributed by atoms with Crippen LogP contribution >= 0.6 is 12.3 Å². The first kappa shape index (κ1) is 64.2. The van der Waals surface area contributed by atoms with Gasteiger partial charge in [-0.05, 0) is 51.8 Å². The molecule has 0 aliphatic carbocycles. The third kappa shape index (κ3) is 18.6. The molecule has 0 saturated carbocycles. The summed E-state index contributed by atoms with van der Waals surface area (Å²) in [6, 6.07) is -7.94. The summed E-state index contributed by atoms with van der Waals surface area (Å²) in [5.41, 5.74) is -1.01. The third-order valence-electron chi connectivity index (χ3n) is 11.8. The molecule has 3 aliphatic rings. The van der Waals surface area contributed by atoms with Gasteiger partial charge in [0.2, 0.25) is 35.4 Å².